The van der Waals surface area contributed by atoms with Gasteiger partial charge in [0.2, 0.25) is 0 Å². The number of fused-ring (bicyclic) bond motifs is 5. The molecule has 0 bridgehead atoms. The molecule has 0 aliphatic heterocycles. The van der Waals surface area contributed by atoms with E-state index < -0.39 is 5.41 Å². The first kappa shape index (κ1) is 55.1. The highest BCUT2D eigenvalue weighted by atomic mass is 32.1. The van der Waals surface area contributed by atoms with Crippen molar-refractivity contribution >= 4 is 95.9 Å². The molecule has 12 nitrogen and oxygen atoms in total. The molecule has 1 aliphatic rings. The van der Waals surface area contributed by atoms with E-state index >= 15 is 0 Å². The van der Waals surface area contributed by atoms with Crippen LogP contribution in [0.2, 0.25) is 0 Å². The van der Waals surface area contributed by atoms with Gasteiger partial charge in [-0.05, 0) is 56.3 Å². The first-order valence-electron chi connectivity index (χ1n) is 24.4. The molecule has 0 radical (unpaired) electrons. The van der Waals surface area contributed by atoms with Gasteiger partial charge >= 0.3 is 23.9 Å². The van der Waals surface area contributed by atoms with Crippen LogP contribution in [0.4, 0.5) is 0 Å². The van der Waals surface area contributed by atoms with E-state index in [-0.39, 0.29) is 123 Å². The van der Waals surface area contributed by atoms with Crippen molar-refractivity contribution in [2.45, 2.75) is 79.8 Å². The summed E-state index contributed by atoms with van der Waals surface area (Å²) in [7, 11) is 0. The summed E-state index contributed by atoms with van der Waals surface area (Å²) < 4.78 is 47.7. The average Bonchev–Trinajstić information content (AvgIpc) is 3.64. The summed E-state index contributed by atoms with van der Waals surface area (Å²) >= 11 is 17.3. The van der Waals surface area contributed by atoms with Crippen molar-refractivity contribution < 1.29 is 57.1 Å². The Hall–Kier alpha value is -5.68. The minimum atomic E-state index is -1.02. The predicted octanol–water partition coefficient (Wildman–Crippen LogP) is 10.9. The largest absolute Gasteiger partial charge is 0.490 e. The summed E-state index contributed by atoms with van der Waals surface area (Å²) in [5, 5.41) is 2.53. The molecule has 16 heteroatoms. The van der Waals surface area contributed by atoms with Gasteiger partial charge in [-0.15, -0.1) is 0 Å². The number of carbonyl (C=O) groups excluding carboxylic acids is 4. The van der Waals surface area contributed by atoms with Crippen LogP contribution in [0.3, 0.4) is 0 Å². The molecule has 73 heavy (non-hydrogen) atoms. The lowest BCUT2D eigenvalue weighted by atomic mass is 9.65. The molecule has 6 aromatic rings. The Morgan fingerprint density at radius 2 is 0.699 bits per heavy atom. The van der Waals surface area contributed by atoms with E-state index in [0.717, 1.165) is 54.9 Å². The Kier molecular flexibility index (Phi) is 19.6. The van der Waals surface area contributed by atoms with Crippen molar-refractivity contribution in [3.05, 3.63) is 131 Å². The number of hydrogen-bond acceptors (Lipinski definition) is 16. The van der Waals surface area contributed by atoms with Gasteiger partial charge in [0.25, 0.3) is 0 Å². The van der Waals surface area contributed by atoms with Crippen molar-refractivity contribution in [1.82, 2.24) is 0 Å². The maximum Gasteiger partial charge on any atom is 0.307 e. The van der Waals surface area contributed by atoms with Gasteiger partial charge in [0.15, 0.2) is 0 Å². The molecule has 0 N–H and O–H groups in total. The van der Waals surface area contributed by atoms with E-state index in [1.54, 1.807) is 12.1 Å². The highest BCUT2D eigenvalue weighted by Crippen LogP contribution is 2.59. The number of benzene rings is 6. The van der Waals surface area contributed by atoms with Crippen LogP contribution in [-0.2, 0) is 43.5 Å². The number of thiol groups is 4. The quantitative estimate of drug-likeness (QED) is 0.0178. The lowest BCUT2D eigenvalue weighted by Crippen LogP contribution is -2.29. The molecule has 0 aromatic heterocycles. The molecule has 0 saturated carbocycles. The standard InChI is InChI=1S/C57H62O12S4/c1-35(70)27-53(58)66-23-19-62-39-31-45-43(51(33-39)64-21-25-68-55(60)29-37(3)72)13-9-17-49(45)57(47-15-7-5-11-41(47)42-12-6-8-16-48(42)57)50-18-10-14-44-46(50)32-40(63-20-24-67-54(59)28-36(2)71)34-52(44)65-22-26-69-56(61)30-38(4)73/h5-18,31-38,70-73H,19-30H2,1-4H3. The second kappa shape index (κ2) is 26.0. The molecule has 0 fully saturated rings. The molecule has 7 rings (SSSR count). The zero-order valence-corrected chi connectivity index (χ0v) is 45.0. The van der Waals surface area contributed by atoms with Gasteiger partial charge in [-0.1, -0.05) is 113 Å². The lowest BCUT2D eigenvalue weighted by molar-refractivity contribution is -0.145. The number of hydrogen-bond donors (Lipinski definition) is 4. The normalized spacial score (nSPS) is 14.0. The van der Waals surface area contributed by atoms with Crippen molar-refractivity contribution in [1.29, 1.82) is 0 Å². The van der Waals surface area contributed by atoms with E-state index in [9.17, 15) is 19.2 Å². The molecule has 0 amide bonds. The van der Waals surface area contributed by atoms with Gasteiger partial charge in [0.05, 0.1) is 31.1 Å². The molecule has 1 aliphatic carbocycles. The molecule has 0 spiro atoms. The molecule has 6 aromatic carbocycles. The zero-order chi connectivity index (χ0) is 52.1. The zero-order valence-electron chi connectivity index (χ0n) is 41.4. The first-order chi connectivity index (χ1) is 35.1. The van der Waals surface area contributed by atoms with Gasteiger partial charge in [0.1, 0.15) is 75.9 Å². The molecule has 4 atom stereocenters. The lowest BCUT2D eigenvalue weighted by Gasteiger charge is -2.36. The fourth-order valence-electron chi connectivity index (χ4n) is 9.12. The average molecular weight is 1070 g/mol. The molecule has 0 saturated heterocycles. The Balaban J connectivity index is 1.40. The summed E-state index contributed by atoms with van der Waals surface area (Å²) in [6.45, 7) is 7.58. The third-order valence-corrected chi connectivity index (χ3v) is 12.6. The van der Waals surface area contributed by atoms with Crippen molar-refractivity contribution in [2.24, 2.45) is 0 Å². The fourth-order valence-corrected chi connectivity index (χ4v) is 9.71. The number of esters is 4. The smallest absolute Gasteiger partial charge is 0.307 e. The summed E-state index contributed by atoms with van der Waals surface area (Å²) in [5.74, 6) is 0.397. The van der Waals surface area contributed by atoms with Crippen LogP contribution < -0.4 is 18.9 Å². The Labute approximate surface area is 448 Å². The summed E-state index contributed by atoms with van der Waals surface area (Å²) in [4.78, 5) is 49.9. The molecular formula is C57H62O12S4. The van der Waals surface area contributed by atoms with E-state index in [4.69, 9.17) is 37.9 Å². The summed E-state index contributed by atoms with van der Waals surface area (Å²) in [5.41, 5.74) is 4.91. The first-order valence-corrected chi connectivity index (χ1v) is 26.4. The van der Waals surface area contributed by atoms with Crippen LogP contribution in [0, 0.1) is 0 Å². The monoisotopic (exact) mass is 1070 g/mol. The predicted molar refractivity (Wildman–Crippen MR) is 297 cm³/mol. The van der Waals surface area contributed by atoms with Gasteiger partial charge in [-0.25, -0.2) is 0 Å². The van der Waals surface area contributed by atoms with E-state index in [2.05, 4.69) is 86.9 Å². The second-order valence-electron chi connectivity index (χ2n) is 18.0. The van der Waals surface area contributed by atoms with Crippen LogP contribution in [0.1, 0.15) is 75.6 Å². The van der Waals surface area contributed by atoms with Crippen molar-refractivity contribution in [3.8, 4) is 34.1 Å². The van der Waals surface area contributed by atoms with Crippen LogP contribution >= 0.6 is 50.5 Å². The van der Waals surface area contributed by atoms with Gasteiger partial charge in [-0.3, -0.25) is 19.2 Å². The van der Waals surface area contributed by atoms with Crippen LogP contribution in [-0.4, -0.2) is 97.7 Å². The van der Waals surface area contributed by atoms with Crippen LogP contribution in [0.15, 0.2) is 109 Å². The number of carbonyl (C=O) groups is 4. The van der Waals surface area contributed by atoms with Gasteiger partial charge in [-0.2, -0.15) is 50.5 Å². The maximum absolute atomic E-state index is 12.5. The highest BCUT2D eigenvalue weighted by molar-refractivity contribution is 7.81. The maximum atomic E-state index is 12.5. The second-order valence-corrected chi connectivity index (χ2v) is 21.5. The minimum Gasteiger partial charge on any atom is -0.490 e. The van der Waals surface area contributed by atoms with Crippen LogP contribution in [0.5, 0.6) is 23.0 Å². The minimum absolute atomic E-state index is 0.00914. The number of rotatable bonds is 26. The third kappa shape index (κ3) is 13.9. The fraction of sp³-hybridized carbons (Fsp3) is 0.368. The molecule has 0 heterocycles. The van der Waals surface area contributed by atoms with Crippen molar-refractivity contribution in [2.75, 3.05) is 52.9 Å². The van der Waals surface area contributed by atoms with Gasteiger partial charge in [0, 0.05) is 43.9 Å². The SMILES string of the molecule is CC(S)CC(=O)OCCOc1cc(OCCOC(=O)CC(C)S)c2cccc(C3(c4cccc5c(OCCOC(=O)CC(C)S)cc(OCCOC(=O)CC(C)S)cc45)c4ccccc4-c4ccccc43)c2c1. The third-order valence-electron chi connectivity index (χ3n) is 11.9. The highest BCUT2D eigenvalue weighted by Gasteiger charge is 2.48. The van der Waals surface area contributed by atoms with E-state index in [0.29, 0.717) is 23.0 Å². The Bertz CT molecular complexity index is 2710. The van der Waals surface area contributed by atoms with E-state index in [1.807, 2.05) is 88.4 Å². The Morgan fingerprint density at radius 1 is 0.384 bits per heavy atom. The summed E-state index contributed by atoms with van der Waals surface area (Å²) in [6, 6.07) is 36.5. The molecule has 4 unspecified atom stereocenters. The number of ether oxygens (including phenoxy) is 8. The van der Waals surface area contributed by atoms with Gasteiger partial charge < -0.3 is 37.9 Å². The molecule has 386 valence electrons. The van der Waals surface area contributed by atoms with Crippen molar-refractivity contribution in [3.63, 3.8) is 0 Å². The Morgan fingerprint density at radius 3 is 1.04 bits per heavy atom. The molecular weight excluding hydrogens is 1000 g/mol. The van der Waals surface area contributed by atoms with Crippen LogP contribution in [0.25, 0.3) is 32.7 Å². The summed E-state index contributed by atoms with van der Waals surface area (Å²) in [6.07, 6.45) is 0.645. The van der Waals surface area contributed by atoms with E-state index in [1.165, 1.54) is 0 Å². The topological polar surface area (TPSA) is 142 Å².